The van der Waals surface area contributed by atoms with Crippen molar-refractivity contribution in [2.75, 3.05) is 36.9 Å². The number of carbonyl (C=O) groups excluding carboxylic acids is 2. The number of amides is 2. The molecule has 0 atom stereocenters. The van der Waals surface area contributed by atoms with Crippen molar-refractivity contribution < 1.29 is 14.3 Å². The number of ether oxygens (including phenoxy) is 1. The van der Waals surface area contributed by atoms with Crippen molar-refractivity contribution in [1.29, 1.82) is 0 Å². The Bertz CT molecular complexity index is 601. The largest absolute Gasteiger partial charge is 0.378 e. The average Bonchev–Trinajstić information content (AvgIpc) is 2.50. The summed E-state index contributed by atoms with van der Waals surface area (Å²) in [6.45, 7) is 4.34. The fourth-order valence-corrected chi connectivity index (χ4v) is 3.24. The Hall–Kier alpha value is -1.99. The van der Waals surface area contributed by atoms with Crippen LogP contribution in [0, 0.1) is 6.92 Å². The average molecular weight is 318 g/mol. The molecule has 1 saturated heterocycles. The molecule has 2 aliphatic rings. The van der Waals surface area contributed by atoms with Crippen LogP contribution in [0.4, 0.5) is 11.4 Å². The van der Waals surface area contributed by atoms with Gasteiger partial charge in [-0.2, -0.15) is 0 Å². The highest BCUT2D eigenvalue weighted by atomic mass is 16.5. The first kappa shape index (κ1) is 15.9. The Kier molecular flexibility index (Phi) is 4.58. The molecule has 1 aliphatic heterocycles. The lowest BCUT2D eigenvalue weighted by Gasteiger charge is -2.52. The first-order valence-electron chi connectivity index (χ1n) is 7.92. The predicted molar refractivity (Wildman–Crippen MR) is 86.3 cm³/mol. The SMILES string of the molecule is Cc1ncc(NC(=O)CN2CCOCC23CCC3)cc1NC=O. The highest BCUT2D eigenvalue weighted by molar-refractivity contribution is 5.93. The molecule has 1 spiro atoms. The lowest BCUT2D eigenvalue weighted by Crippen LogP contribution is -2.62. The summed E-state index contributed by atoms with van der Waals surface area (Å²) in [6.07, 6.45) is 5.59. The smallest absolute Gasteiger partial charge is 0.238 e. The topological polar surface area (TPSA) is 83.6 Å². The molecule has 7 heteroatoms. The van der Waals surface area contributed by atoms with Gasteiger partial charge in [0, 0.05) is 12.1 Å². The molecule has 1 aliphatic carbocycles. The molecule has 1 aromatic heterocycles. The molecule has 0 aromatic carbocycles. The van der Waals surface area contributed by atoms with Gasteiger partial charge in [0.15, 0.2) is 0 Å². The first-order valence-corrected chi connectivity index (χ1v) is 7.92. The Labute approximate surface area is 135 Å². The minimum Gasteiger partial charge on any atom is -0.378 e. The van der Waals surface area contributed by atoms with Crippen LogP contribution in [0.15, 0.2) is 12.3 Å². The normalized spacial score (nSPS) is 19.9. The third kappa shape index (κ3) is 3.35. The van der Waals surface area contributed by atoms with E-state index in [0.29, 0.717) is 36.6 Å². The Morgan fingerprint density at radius 1 is 1.52 bits per heavy atom. The summed E-state index contributed by atoms with van der Waals surface area (Å²) in [5, 5.41) is 5.44. The minimum atomic E-state index is -0.0686. The molecule has 3 rings (SSSR count). The van der Waals surface area contributed by atoms with Crippen molar-refractivity contribution in [2.45, 2.75) is 31.7 Å². The number of carbonyl (C=O) groups is 2. The monoisotopic (exact) mass is 318 g/mol. The zero-order valence-corrected chi connectivity index (χ0v) is 13.3. The van der Waals surface area contributed by atoms with E-state index in [2.05, 4.69) is 20.5 Å². The second kappa shape index (κ2) is 6.64. The molecule has 0 unspecified atom stereocenters. The van der Waals surface area contributed by atoms with Crippen molar-refractivity contribution in [3.8, 4) is 0 Å². The van der Waals surface area contributed by atoms with Crippen LogP contribution >= 0.6 is 0 Å². The van der Waals surface area contributed by atoms with Crippen molar-refractivity contribution in [2.24, 2.45) is 0 Å². The number of nitrogens with one attached hydrogen (secondary N) is 2. The fourth-order valence-electron chi connectivity index (χ4n) is 3.24. The molecular weight excluding hydrogens is 296 g/mol. The number of aryl methyl sites for hydroxylation is 1. The maximum Gasteiger partial charge on any atom is 0.238 e. The molecule has 2 heterocycles. The zero-order valence-electron chi connectivity index (χ0n) is 13.3. The standard InChI is InChI=1S/C16H22N4O3/c1-12-14(18-11-21)7-13(8-17-12)19-15(22)9-20-5-6-23-10-16(20)3-2-4-16/h7-8,11H,2-6,9-10H2,1H3,(H,18,21)(H,19,22). The van der Waals surface area contributed by atoms with E-state index in [4.69, 9.17) is 4.74 Å². The third-order valence-electron chi connectivity index (χ3n) is 4.75. The summed E-state index contributed by atoms with van der Waals surface area (Å²) in [4.78, 5) is 29.4. The van der Waals surface area contributed by atoms with Crippen LogP contribution in [-0.4, -0.2) is 54.0 Å². The molecule has 23 heavy (non-hydrogen) atoms. The van der Waals surface area contributed by atoms with Gasteiger partial charge in [-0.15, -0.1) is 0 Å². The lowest BCUT2D eigenvalue weighted by atomic mass is 9.75. The van der Waals surface area contributed by atoms with Crippen LogP contribution in [0.3, 0.4) is 0 Å². The van der Waals surface area contributed by atoms with E-state index in [0.717, 1.165) is 26.0 Å². The Balaban J connectivity index is 1.63. The number of hydrogen-bond donors (Lipinski definition) is 2. The number of hydrogen-bond acceptors (Lipinski definition) is 5. The van der Waals surface area contributed by atoms with E-state index in [9.17, 15) is 9.59 Å². The predicted octanol–water partition coefficient (Wildman–Crippen LogP) is 1.15. The van der Waals surface area contributed by atoms with Crippen molar-refractivity contribution in [3.63, 3.8) is 0 Å². The highest BCUT2D eigenvalue weighted by Crippen LogP contribution is 2.39. The van der Waals surface area contributed by atoms with Gasteiger partial charge in [-0.05, 0) is 32.3 Å². The minimum absolute atomic E-state index is 0.0609. The summed E-state index contributed by atoms with van der Waals surface area (Å²) in [7, 11) is 0. The number of aromatic nitrogens is 1. The van der Waals surface area contributed by atoms with Crippen molar-refractivity contribution >= 4 is 23.7 Å². The summed E-state index contributed by atoms with van der Waals surface area (Å²) < 4.78 is 5.59. The van der Waals surface area contributed by atoms with Crippen molar-refractivity contribution in [3.05, 3.63) is 18.0 Å². The Morgan fingerprint density at radius 3 is 3.04 bits per heavy atom. The maximum atomic E-state index is 12.4. The van der Waals surface area contributed by atoms with E-state index in [1.807, 2.05) is 0 Å². The number of morpholine rings is 1. The van der Waals surface area contributed by atoms with E-state index in [1.54, 1.807) is 19.2 Å². The highest BCUT2D eigenvalue weighted by Gasteiger charge is 2.45. The van der Waals surface area contributed by atoms with Gasteiger partial charge < -0.3 is 15.4 Å². The van der Waals surface area contributed by atoms with Gasteiger partial charge in [0.1, 0.15) is 0 Å². The van der Waals surface area contributed by atoms with Crippen LogP contribution in [0.1, 0.15) is 25.0 Å². The van der Waals surface area contributed by atoms with E-state index in [1.165, 1.54) is 6.42 Å². The molecule has 1 saturated carbocycles. The third-order valence-corrected chi connectivity index (χ3v) is 4.75. The van der Waals surface area contributed by atoms with Crippen LogP contribution in [0.2, 0.25) is 0 Å². The molecule has 2 fully saturated rings. The molecule has 0 bridgehead atoms. The van der Waals surface area contributed by atoms with Gasteiger partial charge in [0.25, 0.3) is 0 Å². The zero-order chi connectivity index (χ0) is 16.3. The number of rotatable bonds is 5. The first-order chi connectivity index (χ1) is 11.1. The molecule has 7 nitrogen and oxygen atoms in total. The van der Waals surface area contributed by atoms with Crippen molar-refractivity contribution in [1.82, 2.24) is 9.88 Å². The summed E-state index contributed by atoms with van der Waals surface area (Å²) in [5.41, 5.74) is 1.95. The van der Waals surface area contributed by atoms with Crippen LogP contribution in [-0.2, 0) is 14.3 Å². The molecule has 1 aromatic rings. The van der Waals surface area contributed by atoms with Gasteiger partial charge in [-0.25, -0.2) is 0 Å². The van der Waals surface area contributed by atoms with Gasteiger partial charge in [-0.1, -0.05) is 0 Å². The van der Waals surface area contributed by atoms with E-state index >= 15 is 0 Å². The van der Waals surface area contributed by atoms with Crippen LogP contribution in [0.25, 0.3) is 0 Å². The van der Waals surface area contributed by atoms with Gasteiger partial charge >= 0.3 is 0 Å². The lowest BCUT2D eigenvalue weighted by molar-refractivity contribution is -0.131. The fraction of sp³-hybridized carbons (Fsp3) is 0.562. The second-order valence-electron chi connectivity index (χ2n) is 6.22. The quantitative estimate of drug-likeness (QED) is 0.796. The second-order valence-corrected chi connectivity index (χ2v) is 6.22. The van der Waals surface area contributed by atoms with E-state index < -0.39 is 0 Å². The number of anilines is 2. The van der Waals surface area contributed by atoms with Gasteiger partial charge in [0.05, 0.1) is 43.0 Å². The summed E-state index contributed by atoms with van der Waals surface area (Å²) in [6, 6.07) is 1.72. The van der Waals surface area contributed by atoms with Crippen LogP contribution < -0.4 is 10.6 Å². The Morgan fingerprint density at radius 2 is 2.35 bits per heavy atom. The van der Waals surface area contributed by atoms with Crippen LogP contribution in [0.5, 0.6) is 0 Å². The molecule has 2 N–H and O–H groups in total. The summed E-state index contributed by atoms with van der Waals surface area (Å²) in [5.74, 6) is -0.0686. The molecular formula is C16H22N4O3. The molecule has 0 radical (unpaired) electrons. The number of pyridine rings is 1. The molecule has 124 valence electrons. The maximum absolute atomic E-state index is 12.4. The van der Waals surface area contributed by atoms with E-state index in [-0.39, 0.29) is 11.4 Å². The number of nitrogens with zero attached hydrogens (tertiary/aromatic N) is 2. The summed E-state index contributed by atoms with van der Waals surface area (Å²) >= 11 is 0. The van der Waals surface area contributed by atoms with Gasteiger partial charge in [-0.3, -0.25) is 19.5 Å². The molecule has 2 amide bonds. The van der Waals surface area contributed by atoms with Gasteiger partial charge in [0.2, 0.25) is 12.3 Å².